The van der Waals surface area contributed by atoms with Crippen molar-refractivity contribution in [2.45, 2.75) is 156 Å². The van der Waals surface area contributed by atoms with Gasteiger partial charge in [0.25, 0.3) is 0 Å². The second kappa shape index (κ2) is 27.1. The van der Waals surface area contributed by atoms with Crippen LogP contribution in [-0.2, 0) is 119 Å². The van der Waals surface area contributed by atoms with Crippen LogP contribution < -0.4 is 4.89 Å². The molecule has 13 atom stereocenters. The highest BCUT2D eigenvalue weighted by atomic mass is 31.1. The Morgan fingerprint density at radius 3 is 0.609 bits per heavy atom. The van der Waals surface area contributed by atoms with Crippen LogP contribution in [0.15, 0.2) is 0 Å². The average Bonchev–Trinajstić information content (AvgIpc) is 3.09. The minimum absolute atomic E-state index is 0.562. The van der Waals surface area contributed by atoms with Crippen LogP contribution >= 0.6 is 8.25 Å². The monoisotopic (exact) mass is 944 g/mol. The van der Waals surface area contributed by atoms with Gasteiger partial charge in [0.05, 0.1) is 0 Å². The molecule has 27 nitrogen and oxygen atoms in total. The summed E-state index contributed by atoms with van der Waals surface area (Å²) < 4.78 is 70.7. The zero-order valence-electron chi connectivity index (χ0n) is 36.4. The summed E-state index contributed by atoms with van der Waals surface area (Å²) in [6.07, 6.45) is -19.5. The van der Waals surface area contributed by atoms with Gasteiger partial charge in [0.2, 0.25) is 0 Å². The van der Waals surface area contributed by atoms with Crippen LogP contribution in [0.5, 0.6) is 0 Å². The Morgan fingerprint density at radius 1 is 0.312 bits per heavy atom. The average molecular weight is 945 g/mol. The summed E-state index contributed by atoms with van der Waals surface area (Å²) in [5, 5.41) is 10.6. The molecular formula is C36H49O27P. The second-order valence-electron chi connectivity index (χ2n) is 13.1. The second-order valence-corrected chi connectivity index (χ2v) is 13.8. The van der Waals surface area contributed by atoms with Gasteiger partial charge in [0, 0.05) is 83.1 Å². The van der Waals surface area contributed by atoms with E-state index in [1.54, 1.807) is 0 Å². The summed E-state index contributed by atoms with van der Waals surface area (Å²) in [7, 11) is -3.61. The van der Waals surface area contributed by atoms with Crippen molar-refractivity contribution in [3.63, 3.8) is 0 Å². The van der Waals surface area contributed by atoms with Crippen molar-refractivity contribution in [1.82, 2.24) is 0 Å². The van der Waals surface area contributed by atoms with Gasteiger partial charge in [-0.25, -0.2) is 0 Å². The minimum Gasteiger partial charge on any atom is -0.566 e. The molecule has 64 heavy (non-hydrogen) atoms. The van der Waals surface area contributed by atoms with Crippen LogP contribution in [0.3, 0.4) is 0 Å². The van der Waals surface area contributed by atoms with Crippen molar-refractivity contribution in [3.05, 3.63) is 0 Å². The number of aliphatic hydroxyl groups excluding tert-OH is 1. The van der Waals surface area contributed by atoms with E-state index in [-0.39, 0.29) is 0 Å². The maximum Gasteiger partial charge on any atom is 0.489 e. The van der Waals surface area contributed by atoms with Crippen LogP contribution in [-0.4, -0.2) is 150 Å². The van der Waals surface area contributed by atoms with E-state index in [4.69, 9.17) is 51.9 Å². The smallest absolute Gasteiger partial charge is 0.489 e. The Bertz CT molecular complexity index is 1550. The molecule has 0 amide bonds. The van der Waals surface area contributed by atoms with Crippen molar-refractivity contribution in [1.29, 1.82) is 0 Å². The molecule has 1 N–H and O–H groups in total. The molecule has 0 aromatic carbocycles. The zero-order valence-corrected chi connectivity index (χ0v) is 37.3. The van der Waals surface area contributed by atoms with Crippen molar-refractivity contribution >= 4 is 79.9 Å². The van der Waals surface area contributed by atoms with Gasteiger partial charge in [-0.15, -0.1) is 4.52 Å². The Balaban J connectivity index is 0.00000108. The van der Waals surface area contributed by atoms with E-state index in [1.807, 2.05) is 0 Å². The molecule has 0 aliphatic heterocycles. The molecule has 0 saturated heterocycles. The van der Waals surface area contributed by atoms with Crippen molar-refractivity contribution < 1.29 is 129 Å². The molecular weight excluding hydrogens is 895 g/mol. The van der Waals surface area contributed by atoms with Crippen LogP contribution in [0.4, 0.5) is 0 Å². The Hall–Kier alpha value is -6.18. The molecule has 0 radical (unpaired) electrons. The van der Waals surface area contributed by atoms with Gasteiger partial charge < -0.3 is 62.1 Å². The van der Waals surface area contributed by atoms with E-state index in [1.165, 1.54) is 13.8 Å². The maximum absolute atomic E-state index is 11.6. The highest BCUT2D eigenvalue weighted by Crippen LogP contribution is 2.37. The maximum atomic E-state index is 11.6. The lowest BCUT2D eigenvalue weighted by Gasteiger charge is -2.45. The molecule has 0 aromatic rings. The summed E-state index contributed by atoms with van der Waals surface area (Å²) in [4.78, 5) is 146. The molecule has 0 aromatic heterocycles. The van der Waals surface area contributed by atoms with Gasteiger partial charge in [-0.3, -0.25) is 57.5 Å². The standard InChI is InChI=1S/C16H21O13P.C16H22O11.C4H6O3/c1-6(17)24-11-12(25-7(2)18)14(27-9(4)20)16(29-30(22)23)15(28-10(5)21)13(11)26-8(3)19;1-6(17)23-12-11(22)13(24-7(2)18)15(26-9(4)20)16(27-10(5)21)14(12)25-8(3)19;1-3(5)7-4(2)6/h11-16H,1-5H3;11-16,22H,1-5H3;1-2H3/t2*11?,12-,13?,14?,15+,16?;/m11./s1. The third-order valence-electron chi connectivity index (χ3n) is 7.43. The molecule has 2 fully saturated rings. The Morgan fingerprint density at radius 2 is 0.469 bits per heavy atom. The number of rotatable bonds is 12. The lowest BCUT2D eigenvalue weighted by molar-refractivity contribution is -0.260. The lowest BCUT2D eigenvalue weighted by atomic mass is 9.84. The largest absolute Gasteiger partial charge is 0.566 e. The summed E-state index contributed by atoms with van der Waals surface area (Å²) in [6.45, 7) is 12.5. The van der Waals surface area contributed by atoms with Crippen LogP contribution in [0.2, 0.25) is 0 Å². The van der Waals surface area contributed by atoms with Gasteiger partial charge >= 0.3 is 79.9 Å². The Labute approximate surface area is 364 Å². The van der Waals surface area contributed by atoms with E-state index in [9.17, 15) is 72.1 Å². The zero-order chi connectivity index (χ0) is 49.9. The molecule has 2 aliphatic rings. The molecule has 360 valence electrons. The predicted octanol–water partition coefficient (Wildman–Crippen LogP) is -1.82. The van der Waals surface area contributed by atoms with Gasteiger partial charge in [-0.05, 0) is 4.57 Å². The summed E-state index contributed by atoms with van der Waals surface area (Å²) in [6, 6.07) is 0. The minimum atomic E-state index is -3.61. The van der Waals surface area contributed by atoms with Crippen molar-refractivity contribution in [3.8, 4) is 0 Å². The number of hydrogen-bond donors (Lipinski definition) is 1. The first-order valence-corrected chi connectivity index (χ1v) is 19.4. The summed E-state index contributed by atoms with van der Waals surface area (Å²) in [5.41, 5.74) is 0. The van der Waals surface area contributed by atoms with E-state index < -0.39 is 153 Å². The van der Waals surface area contributed by atoms with Crippen LogP contribution in [0, 0.1) is 0 Å². The molecule has 0 bridgehead atoms. The van der Waals surface area contributed by atoms with Crippen LogP contribution in [0.25, 0.3) is 0 Å². The predicted molar refractivity (Wildman–Crippen MR) is 196 cm³/mol. The third kappa shape index (κ3) is 20.8. The summed E-state index contributed by atoms with van der Waals surface area (Å²) in [5.74, 6) is -9.97. The number of carbonyl (C=O) groups is 12. The molecule has 2 saturated carbocycles. The molecule has 9 unspecified atom stereocenters. The number of hydrogen-bond acceptors (Lipinski definition) is 27. The molecule has 28 heteroatoms. The molecule has 0 heterocycles. The van der Waals surface area contributed by atoms with Gasteiger partial charge in [-0.1, -0.05) is 0 Å². The SMILES string of the molecule is CC(=O)OC(C)=O.CC(=O)OC1C(O)[C@@H](OC(C)=O)C(OC(C)=O)C(OC(C)=O)[C@H]1OC(C)=O.CC(=O)OC1C(OC(C)=O)[C@H](OC(C)=O)C(O[P+](=O)[O-])C(OC(C)=O)[C@@H]1OC(C)=O. The Kier molecular flexibility index (Phi) is 24.5. The van der Waals surface area contributed by atoms with Gasteiger partial charge in [0.15, 0.2) is 67.1 Å². The quantitative estimate of drug-likeness (QED) is 0.0973. The first-order valence-electron chi connectivity index (χ1n) is 18.3. The third-order valence-corrected chi connectivity index (χ3v) is 7.84. The van der Waals surface area contributed by atoms with Crippen molar-refractivity contribution in [2.24, 2.45) is 0 Å². The first kappa shape index (κ1) is 57.8. The fourth-order valence-electron chi connectivity index (χ4n) is 5.94. The highest BCUT2D eigenvalue weighted by molar-refractivity contribution is 7.30. The van der Waals surface area contributed by atoms with Crippen molar-refractivity contribution in [2.75, 3.05) is 0 Å². The van der Waals surface area contributed by atoms with Crippen LogP contribution in [0.1, 0.15) is 83.1 Å². The van der Waals surface area contributed by atoms with Gasteiger partial charge in [-0.2, -0.15) is 0 Å². The van der Waals surface area contributed by atoms with E-state index >= 15 is 0 Å². The van der Waals surface area contributed by atoms with E-state index in [0.717, 1.165) is 69.2 Å². The molecule has 2 rings (SSSR count). The lowest BCUT2D eigenvalue weighted by Crippen LogP contribution is -2.68. The fraction of sp³-hybridized carbons (Fsp3) is 0.667. The van der Waals surface area contributed by atoms with E-state index in [2.05, 4.69) is 4.74 Å². The van der Waals surface area contributed by atoms with Gasteiger partial charge in [0.1, 0.15) is 6.10 Å². The number of aliphatic hydroxyl groups is 1. The fourth-order valence-corrected chi connectivity index (χ4v) is 6.38. The topological polar surface area (TPSA) is 376 Å². The number of carbonyl (C=O) groups excluding carboxylic acids is 12. The normalized spacial score (nSPS) is 26.8. The molecule has 2 aliphatic carbocycles. The number of esters is 12. The summed E-state index contributed by atoms with van der Waals surface area (Å²) >= 11 is 0. The highest BCUT2D eigenvalue weighted by Gasteiger charge is 2.62. The first-order chi connectivity index (χ1) is 29.4. The number of ether oxygens (including phenoxy) is 11. The molecule has 0 spiro atoms. The van der Waals surface area contributed by atoms with E-state index in [0.29, 0.717) is 0 Å².